The van der Waals surface area contributed by atoms with E-state index in [0.717, 1.165) is 18.8 Å². The Bertz CT molecular complexity index is 663. The lowest BCUT2D eigenvalue weighted by atomic mass is 10.3. The Labute approximate surface area is 135 Å². The molecule has 114 valence electrons. The number of aryl methyl sites for hydroxylation is 3. The summed E-state index contributed by atoms with van der Waals surface area (Å²) in [4.78, 5) is 0. The van der Waals surface area contributed by atoms with Crippen LogP contribution in [0, 0.1) is 0 Å². The summed E-state index contributed by atoms with van der Waals surface area (Å²) in [5, 5.41) is 0. The Balaban J connectivity index is 0.00000220. The predicted molar refractivity (Wildman–Crippen MR) is 73.4 cm³/mol. The van der Waals surface area contributed by atoms with Crippen LogP contribution < -0.4 is 26.1 Å². The SMILES string of the molecule is O=S(=O)(O)CCc1cccc[n+]1CC[n+]1ccccc1.[Br-]. The number of hydrogen-bond acceptors (Lipinski definition) is 2. The molecule has 0 bridgehead atoms. The van der Waals surface area contributed by atoms with Gasteiger partial charge in [-0.05, 0) is 0 Å². The van der Waals surface area contributed by atoms with Crippen molar-refractivity contribution >= 4 is 10.1 Å². The average Bonchev–Trinajstić information content (AvgIpc) is 2.44. The first-order valence-electron chi connectivity index (χ1n) is 6.41. The van der Waals surface area contributed by atoms with Crippen molar-refractivity contribution in [2.75, 3.05) is 5.75 Å². The number of hydrogen-bond donors (Lipinski definition) is 1. The third-order valence-electron chi connectivity index (χ3n) is 3.03. The average molecular weight is 374 g/mol. The Morgan fingerprint density at radius 3 is 2.29 bits per heavy atom. The predicted octanol–water partition coefficient (Wildman–Crippen LogP) is -2.60. The number of halogens is 1. The van der Waals surface area contributed by atoms with E-state index in [-0.39, 0.29) is 22.7 Å². The van der Waals surface area contributed by atoms with Crippen molar-refractivity contribution in [1.29, 1.82) is 0 Å². The molecule has 0 aliphatic rings. The zero-order valence-corrected chi connectivity index (χ0v) is 13.9. The van der Waals surface area contributed by atoms with Crippen molar-refractivity contribution in [2.24, 2.45) is 0 Å². The normalized spacial score (nSPS) is 10.9. The monoisotopic (exact) mass is 373 g/mol. The molecule has 2 aromatic rings. The molecule has 0 fully saturated rings. The van der Waals surface area contributed by atoms with E-state index < -0.39 is 10.1 Å². The molecule has 7 heteroatoms. The molecule has 2 rings (SSSR count). The van der Waals surface area contributed by atoms with Crippen LogP contribution in [-0.4, -0.2) is 18.7 Å². The maximum Gasteiger partial charge on any atom is 0.265 e. The molecule has 0 saturated carbocycles. The van der Waals surface area contributed by atoms with Crippen molar-refractivity contribution in [3.63, 3.8) is 0 Å². The van der Waals surface area contributed by atoms with Crippen molar-refractivity contribution in [1.82, 2.24) is 0 Å². The minimum atomic E-state index is -3.92. The first kappa shape index (κ1) is 17.7. The highest BCUT2D eigenvalue weighted by atomic mass is 79.9. The zero-order chi connectivity index (χ0) is 14.4. The van der Waals surface area contributed by atoms with Gasteiger partial charge in [0.15, 0.2) is 24.3 Å². The lowest BCUT2D eigenvalue weighted by Crippen LogP contribution is -3.00. The van der Waals surface area contributed by atoms with Crippen LogP contribution in [0.1, 0.15) is 5.69 Å². The summed E-state index contributed by atoms with van der Waals surface area (Å²) in [5.74, 6) is -0.254. The number of nitrogens with zero attached hydrogens (tertiary/aromatic N) is 2. The summed E-state index contributed by atoms with van der Waals surface area (Å²) in [6, 6.07) is 11.5. The van der Waals surface area contributed by atoms with E-state index >= 15 is 0 Å². The minimum absolute atomic E-state index is 0. The van der Waals surface area contributed by atoms with E-state index in [0.29, 0.717) is 6.42 Å². The molecule has 0 amide bonds. The summed E-state index contributed by atoms with van der Waals surface area (Å²) >= 11 is 0. The molecule has 2 heterocycles. The maximum atomic E-state index is 10.8. The summed E-state index contributed by atoms with van der Waals surface area (Å²) in [6.07, 6.45) is 6.20. The summed E-state index contributed by atoms with van der Waals surface area (Å²) < 4.78 is 34.6. The maximum absolute atomic E-state index is 10.8. The van der Waals surface area contributed by atoms with Gasteiger partial charge in [0.05, 0.1) is 5.75 Å². The molecule has 2 aromatic heterocycles. The summed E-state index contributed by atoms with van der Waals surface area (Å²) in [7, 11) is -3.92. The second-order valence-electron chi connectivity index (χ2n) is 4.53. The van der Waals surface area contributed by atoms with Gasteiger partial charge >= 0.3 is 0 Å². The summed E-state index contributed by atoms with van der Waals surface area (Å²) in [6.45, 7) is 1.55. The minimum Gasteiger partial charge on any atom is -1.00 e. The summed E-state index contributed by atoms with van der Waals surface area (Å²) in [5.41, 5.74) is 0.890. The van der Waals surface area contributed by atoms with Crippen LogP contribution in [0.5, 0.6) is 0 Å². The van der Waals surface area contributed by atoms with Crippen LogP contribution in [0.25, 0.3) is 0 Å². The van der Waals surface area contributed by atoms with Crippen molar-refractivity contribution in [3.8, 4) is 0 Å². The van der Waals surface area contributed by atoms with Crippen molar-refractivity contribution in [2.45, 2.75) is 19.5 Å². The second kappa shape index (κ2) is 8.21. The highest BCUT2D eigenvalue weighted by molar-refractivity contribution is 7.85. The van der Waals surface area contributed by atoms with Crippen LogP contribution in [0.15, 0.2) is 55.0 Å². The van der Waals surface area contributed by atoms with Gasteiger partial charge in [-0.3, -0.25) is 4.55 Å². The fourth-order valence-corrected chi connectivity index (χ4v) is 2.46. The number of rotatable bonds is 6. The molecule has 1 N–H and O–H groups in total. The van der Waals surface area contributed by atoms with E-state index in [1.807, 2.05) is 59.6 Å². The van der Waals surface area contributed by atoms with Gasteiger partial charge in [0.25, 0.3) is 10.1 Å². The smallest absolute Gasteiger partial charge is 0.265 e. The van der Waals surface area contributed by atoms with Gasteiger partial charge in [0, 0.05) is 30.7 Å². The van der Waals surface area contributed by atoms with Crippen LogP contribution in [0.3, 0.4) is 0 Å². The highest BCUT2D eigenvalue weighted by Gasteiger charge is 2.15. The fourth-order valence-electron chi connectivity index (χ4n) is 2.00. The Kier molecular flexibility index (Phi) is 6.94. The number of pyridine rings is 2. The van der Waals surface area contributed by atoms with Crippen molar-refractivity contribution in [3.05, 3.63) is 60.7 Å². The molecule has 0 saturated heterocycles. The molecule has 0 unspecified atom stereocenters. The van der Waals surface area contributed by atoms with Gasteiger partial charge in [-0.15, -0.1) is 0 Å². The van der Waals surface area contributed by atoms with E-state index in [2.05, 4.69) is 4.57 Å². The largest absolute Gasteiger partial charge is 1.00 e. The van der Waals surface area contributed by atoms with Crippen LogP contribution in [0.4, 0.5) is 0 Å². The third-order valence-corrected chi connectivity index (χ3v) is 3.75. The molecular formula is C14H18BrN2O3S+. The molecular weight excluding hydrogens is 356 g/mol. The standard InChI is InChI=1S/C14H17N2O3S.BrH/c17-20(18,19)13-7-14-6-2-5-10-16(14)12-11-15-8-3-1-4-9-15;/h1-6,8-10H,7,11-13H2;1H/q+1;. The molecule has 0 aliphatic heterocycles. The van der Waals surface area contributed by atoms with E-state index in [1.54, 1.807) is 0 Å². The second-order valence-corrected chi connectivity index (χ2v) is 6.11. The zero-order valence-electron chi connectivity index (χ0n) is 11.5. The molecule has 5 nitrogen and oxygen atoms in total. The quantitative estimate of drug-likeness (QED) is 0.446. The van der Waals surface area contributed by atoms with E-state index in [9.17, 15) is 8.42 Å². The fraction of sp³-hybridized carbons (Fsp3) is 0.286. The van der Waals surface area contributed by atoms with Gasteiger partial charge in [-0.25, -0.2) is 0 Å². The Morgan fingerprint density at radius 2 is 1.62 bits per heavy atom. The van der Waals surface area contributed by atoms with Crippen LogP contribution in [0.2, 0.25) is 0 Å². The van der Waals surface area contributed by atoms with Gasteiger partial charge in [-0.1, -0.05) is 12.1 Å². The van der Waals surface area contributed by atoms with Gasteiger partial charge in [-0.2, -0.15) is 17.6 Å². The highest BCUT2D eigenvalue weighted by Crippen LogP contribution is 1.96. The Morgan fingerprint density at radius 1 is 0.952 bits per heavy atom. The van der Waals surface area contributed by atoms with Gasteiger partial charge in [0.2, 0.25) is 13.1 Å². The van der Waals surface area contributed by atoms with Gasteiger partial charge in [0.1, 0.15) is 0 Å². The van der Waals surface area contributed by atoms with Crippen LogP contribution >= 0.6 is 0 Å². The third kappa shape index (κ3) is 6.33. The van der Waals surface area contributed by atoms with E-state index in [4.69, 9.17) is 4.55 Å². The molecule has 0 radical (unpaired) electrons. The molecule has 0 aromatic carbocycles. The first-order valence-corrected chi connectivity index (χ1v) is 8.02. The first-order chi connectivity index (χ1) is 9.54. The van der Waals surface area contributed by atoms with Gasteiger partial charge < -0.3 is 17.0 Å². The number of aromatic nitrogens is 2. The van der Waals surface area contributed by atoms with Crippen molar-refractivity contribution < 1.29 is 39.1 Å². The lowest BCUT2D eigenvalue weighted by molar-refractivity contribution is -0.781. The van der Waals surface area contributed by atoms with E-state index in [1.165, 1.54) is 0 Å². The molecule has 0 atom stereocenters. The topological polar surface area (TPSA) is 62.1 Å². The molecule has 0 spiro atoms. The Hall–Kier alpha value is -1.31. The lowest BCUT2D eigenvalue weighted by Gasteiger charge is -2.02. The molecule has 21 heavy (non-hydrogen) atoms. The van der Waals surface area contributed by atoms with Crippen LogP contribution in [-0.2, 0) is 29.6 Å². The molecule has 0 aliphatic carbocycles.